The molecule has 63 heavy (non-hydrogen) atoms. The molecular formula is C57H106O6. The van der Waals surface area contributed by atoms with E-state index in [-0.39, 0.29) is 31.1 Å². The Morgan fingerprint density at radius 1 is 0.317 bits per heavy atom. The smallest absolute Gasteiger partial charge is 0.306 e. The molecule has 0 spiro atoms. The predicted octanol–water partition coefficient (Wildman–Crippen LogP) is 18.3. The van der Waals surface area contributed by atoms with Crippen LogP contribution in [-0.4, -0.2) is 37.2 Å². The fourth-order valence-corrected chi connectivity index (χ4v) is 8.24. The number of allylic oxidation sites excluding steroid dienone is 4. The maximum atomic E-state index is 12.8. The van der Waals surface area contributed by atoms with Gasteiger partial charge in [0.1, 0.15) is 13.2 Å². The lowest BCUT2D eigenvalue weighted by Crippen LogP contribution is -2.30. The standard InChI is InChI=1S/C57H106O6/c1-4-7-10-13-16-19-22-24-25-26-27-28-29-30-31-33-35-38-41-44-47-50-56(59)62-53-54(52-61-55(58)49-46-43-40-37-34-21-18-15-12-9-6-3)63-57(60)51-48-45-42-39-36-32-23-20-17-14-11-8-5-2/h22,24,26-27,54H,4-21,23,25,28-53H2,1-3H3/b24-22-,27-26-. The lowest BCUT2D eigenvalue weighted by molar-refractivity contribution is -0.167. The summed E-state index contributed by atoms with van der Waals surface area (Å²) in [5, 5.41) is 0. The first-order valence-corrected chi connectivity index (χ1v) is 27.8. The van der Waals surface area contributed by atoms with Crippen LogP contribution in [0.5, 0.6) is 0 Å². The molecule has 1 unspecified atom stereocenters. The van der Waals surface area contributed by atoms with Gasteiger partial charge in [0.25, 0.3) is 0 Å². The molecule has 0 N–H and O–H groups in total. The molecule has 0 saturated carbocycles. The summed E-state index contributed by atoms with van der Waals surface area (Å²) < 4.78 is 16.8. The Morgan fingerprint density at radius 2 is 0.571 bits per heavy atom. The van der Waals surface area contributed by atoms with Crippen LogP contribution < -0.4 is 0 Å². The molecule has 0 aliphatic carbocycles. The van der Waals surface area contributed by atoms with Crippen molar-refractivity contribution in [3.05, 3.63) is 24.3 Å². The van der Waals surface area contributed by atoms with Crippen molar-refractivity contribution in [2.75, 3.05) is 13.2 Å². The Kier molecular flexibility index (Phi) is 50.8. The van der Waals surface area contributed by atoms with Gasteiger partial charge in [-0.05, 0) is 51.4 Å². The van der Waals surface area contributed by atoms with E-state index in [0.717, 1.165) is 64.2 Å². The number of ether oxygens (including phenoxy) is 3. The minimum Gasteiger partial charge on any atom is -0.462 e. The van der Waals surface area contributed by atoms with E-state index in [4.69, 9.17) is 14.2 Å². The van der Waals surface area contributed by atoms with Gasteiger partial charge in [-0.25, -0.2) is 0 Å². The number of hydrogen-bond donors (Lipinski definition) is 0. The van der Waals surface area contributed by atoms with Crippen molar-refractivity contribution in [1.29, 1.82) is 0 Å². The van der Waals surface area contributed by atoms with Gasteiger partial charge in [-0.15, -0.1) is 0 Å². The molecule has 370 valence electrons. The highest BCUT2D eigenvalue weighted by molar-refractivity contribution is 5.71. The van der Waals surface area contributed by atoms with Crippen molar-refractivity contribution in [2.24, 2.45) is 0 Å². The van der Waals surface area contributed by atoms with Crippen molar-refractivity contribution in [3.8, 4) is 0 Å². The summed E-state index contributed by atoms with van der Waals surface area (Å²) in [7, 11) is 0. The molecule has 0 saturated heterocycles. The van der Waals surface area contributed by atoms with Gasteiger partial charge >= 0.3 is 17.9 Å². The highest BCUT2D eigenvalue weighted by Gasteiger charge is 2.19. The summed E-state index contributed by atoms with van der Waals surface area (Å²) in [5.74, 6) is -0.855. The van der Waals surface area contributed by atoms with Crippen LogP contribution in [0.3, 0.4) is 0 Å². The van der Waals surface area contributed by atoms with Crippen molar-refractivity contribution in [1.82, 2.24) is 0 Å². The molecule has 0 aliphatic heterocycles. The Morgan fingerprint density at radius 3 is 0.873 bits per heavy atom. The van der Waals surface area contributed by atoms with Crippen molar-refractivity contribution < 1.29 is 28.6 Å². The minimum absolute atomic E-state index is 0.0673. The summed E-state index contributed by atoms with van der Waals surface area (Å²) in [6.07, 6.45) is 60.2. The molecule has 0 aromatic carbocycles. The zero-order valence-electron chi connectivity index (χ0n) is 42.4. The molecule has 0 fully saturated rings. The third-order valence-electron chi connectivity index (χ3n) is 12.5. The lowest BCUT2D eigenvalue weighted by Gasteiger charge is -2.18. The van der Waals surface area contributed by atoms with Gasteiger partial charge in [0.05, 0.1) is 0 Å². The van der Waals surface area contributed by atoms with E-state index in [0.29, 0.717) is 19.3 Å². The predicted molar refractivity (Wildman–Crippen MR) is 270 cm³/mol. The molecule has 0 aromatic rings. The first-order chi connectivity index (χ1) is 31.0. The molecule has 1 atom stereocenters. The summed E-state index contributed by atoms with van der Waals surface area (Å²) in [4.78, 5) is 38.0. The Hall–Kier alpha value is -2.11. The molecular weight excluding hydrogens is 781 g/mol. The lowest BCUT2D eigenvalue weighted by atomic mass is 10.0. The van der Waals surface area contributed by atoms with E-state index in [1.807, 2.05) is 0 Å². The first-order valence-electron chi connectivity index (χ1n) is 27.8. The zero-order valence-corrected chi connectivity index (χ0v) is 42.4. The largest absolute Gasteiger partial charge is 0.462 e. The van der Waals surface area contributed by atoms with Crippen LogP contribution in [-0.2, 0) is 28.6 Å². The van der Waals surface area contributed by atoms with Crippen LogP contribution >= 0.6 is 0 Å². The third kappa shape index (κ3) is 50.7. The molecule has 6 heteroatoms. The molecule has 0 bridgehead atoms. The zero-order chi connectivity index (χ0) is 45.8. The highest BCUT2D eigenvalue weighted by atomic mass is 16.6. The van der Waals surface area contributed by atoms with E-state index in [1.165, 1.54) is 199 Å². The van der Waals surface area contributed by atoms with Gasteiger partial charge in [-0.1, -0.05) is 257 Å². The van der Waals surface area contributed by atoms with Crippen LogP contribution in [0.25, 0.3) is 0 Å². The van der Waals surface area contributed by atoms with Crippen molar-refractivity contribution in [2.45, 2.75) is 309 Å². The molecule has 0 amide bonds. The van der Waals surface area contributed by atoms with E-state index >= 15 is 0 Å². The average Bonchev–Trinajstić information content (AvgIpc) is 3.28. The monoisotopic (exact) mass is 887 g/mol. The molecule has 6 nitrogen and oxygen atoms in total. The number of carbonyl (C=O) groups is 3. The number of hydrogen-bond acceptors (Lipinski definition) is 6. The summed E-state index contributed by atoms with van der Waals surface area (Å²) >= 11 is 0. The van der Waals surface area contributed by atoms with Gasteiger partial charge in [-0.2, -0.15) is 0 Å². The molecule has 0 heterocycles. The van der Waals surface area contributed by atoms with Gasteiger partial charge in [-0.3, -0.25) is 14.4 Å². The SMILES string of the molecule is CCCCCCC/C=C\C/C=C\CCCCCCCCCCCC(=O)OCC(COC(=O)CCCCCCCCCCCCC)OC(=O)CCCCCCCCCCCCCCC. The van der Waals surface area contributed by atoms with Gasteiger partial charge in [0.2, 0.25) is 0 Å². The van der Waals surface area contributed by atoms with E-state index in [9.17, 15) is 14.4 Å². The highest BCUT2D eigenvalue weighted by Crippen LogP contribution is 2.16. The fraction of sp³-hybridized carbons (Fsp3) is 0.877. The van der Waals surface area contributed by atoms with Crippen molar-refractivity contribution in [3.63, 3.8) is 0 Å². The minimum atomic E-state index is -0.766. The van der Waals surface area contributed by atoms with Gasteiger partial charge < -0.3 is 14.2 Å². The van der Waals surface area contributed by atoms with Crippen LogP contribution in [0, 0.1) is 0 Å². The normalized spacial score (nSPS) is 12.1. The second-order valence-corrected chi connectivity index (χ2v) is 18.9. The second-order valence-electron chi connectivity index (χ2n) is 18.9. The second kappa shape index (κ2) is 52.5. The average molecular weight is 887 g/mol. The van der Waals surface area contributed by atoms with Gasteiger partial charge in [0.15, 0.2) is 6.10 Å². The molecule has 0 rings (SSSR count). The molecule has 0 aliphatic rings. The fourth-order valence-electron chi connectivity index (χ4n) is 8.24. The molecule has 0 radical (unpaired) electrons. The topological polar surface area (TPSA) is 78.9 Å². The summed E-state index contributed by atoms with van der Waals surface area (Å²) in [6.45, 7) is 6.65. The first kappa shape index (κ1) is 60.9. The molecule has 0 aromatic heterocycles. The van der Waals surface area contributed by atoms with Crippen LogP contribution in [0.15, 0.2) is 24.3 Å². The number of unbranched alkanes of at least 4 members (excludes halogenated alkanes) is 36. The Bertz CT molecular complexity index is 1020. The van der Waals surface area contributed by atoms with Crippen molar-refractivity contribution >= 4 is 17.9 Å². The maximum absolute atomic E-state index is 12.8. The van der Waals surface area contributed by atoms with Crippen LogP contribution in [0.4, 0.5) is 0 Å². The summed E-state index contributed by atoms with van der Waals surface area (Å²) in [6, 6.07) is 0. The van der Waals surface area contributed by atoms with Gasteiger partial charge in [0, 0.05) is 19.3 Å². The Balaban J connectivity index is 4.26. The van der Waals surface area contributed by atoms with Crippen LogP contribution in [0.1, 0.15) is 303 Å². The third-order valence-corrected chi connectivity index (χ3v) is 12.5. The summed E-state index contributed by atoms with van der Waals surface area (Å²) in [5.41, 5.74) is 0. The van der Waals surface area contributed by atoms with E-state index in [2.05, 4.69) is 45.1 Å². The van der Waals surface area contributed by atoms with E-state index < -0.39 is 6.10 Å². The number of esters is 3. The maximum Gasteiger partial charge on any atom is 0.306 e. The quantitative estimate of drug-likeness (QED) is 0.0262. The number of rotatable bonds is 51. The van der Waals surface area contributed by atoms with E-state index in [1.54, 1.807) is 0 Å². The number of carbonyl (C=O) groups excluding carboxylic acids is 3. The Labute approximate surface area is 392 Å². The van der Waals surface area contributed by atoms with Crippen LogP contribution in [0.2, 0.25) is 0 Å².